The Hall–Kier alpha value is -1.95. The molecule has 2 rings (SSSR count). The number of pyridine rings is 1. The van der Waals surface area contributed by atoms with Crippen LogP contribution in [-0.4, -0.2) is 28.4 Å². The minimum atomic E-state index is -0.436. The molecule has 0 saturated heterocycles. The van der Waals surface area contributed by atoms with Crippen LogP contribution < -0.4 is 0 Å². The molecule has 5 nitrogen and oxygen atoms in total. The SMILES string of the molecule is CCOC(=O)CCC(=O)c1nc2cccc(Br)c2cc1O. The number of carbonyl (C=O) groups is 2. The van der Waals surface area contributed by atoms with Gasteiger partial charge in [-0.15, -0.1) is 0 Å². The molecule has 1 aromatic carbocycles. The minimum Gasteiger partial charge on any atom is -0.506 e. The topological polar surface area (TPSA) is 76.5 Å². The Morgan fingerprint density at radius 1 is 1.33 bits per heavy atom. The molecule has 1 N–H and O–H groups in total. The number of rotatable bonds is 5. The maximum Gasteiger partial charge on any atom is 0.306 e. The van der Waals surface area contributed by atoms with E-state index in [1.54, 1.807) is 19.1 Å². The molecule has 0 saturated carbocycles. The number of halogens is 1. The zero-order valence-electron chi connectivity index (χ0n) is 11.4. The second-order valence-corrected chi connectivity index (χ2v) is 5.25. The van der Waals surface area contributed by atoms with Crippen molar-refractivity contribution in [3.63, 3.8) is 0 Å². The molecule has 6 heteroatoms. The standard InChI is InChI=1S/C15H14BrNO4/c1-2-21-14(20)7-6-12(18)15-13(19)8-9-10(16)4-3-5-11(9)17-15/h3-5,8,19H,2,6-7H2,1H3. The number of Topliss-reactive ketones (excluding diaryl/α,β-unsaturated/α-hetero) is 1. The lowest BCUT2D eigenvalue weighted by Gasteiger charge is -2.06. The minimum absolute atomic E-state index is 0.0232. The molecule has 21 heavy (non-hydrogen) atoms. The van der Waals surface area contributed by atoms with Gasteiger partial charge in [-0.2, -0.15) is 0 Å². The number of ether oxygens (including phenoxy) is 1. The van der Waals surface area contributed by atoms with Gasteiger partial charge < -0.3 is 9.84 Å². The quantitative estimate of drug-likeness (QED) is 0.660. The Labute approximate surface area is 130 Å². The summed E-state index contributed by atoms with van der Waals surface area (Å²) >= 11 is 3.36. The molecule has 0 atom stereocenters. The van der Waals surface area contributed by atoms with Crippen molar-refractivity contribution >= 4 is 38.6 Å². The third-order valence-electron chi connectivity index (χ3n) is 2.91. The number of ketones is 1. The van der Waals surface area contributed by atoms with Crippen molar-refractivity contribution in [2.75, 3.05) is 6.61 Å². The van der Waals surface area contributed by atoms with Crippen LogP contribution in [0.1, 0.15) is 30.3 Å². The average Bonchev–Trinajstić information content (AvgIpc) is 2.45. The van der Waals surface area contributed by atoms with Gasteiger partial charge in [0.1, 0.15) is 11.4 Å². The van der Waals surface area contributed by atoms with E-state index in [1.807, 2.05) is 6.07 Å². The van der Waals surface area contributed by atoms with Crippen LogP contribution in [0.5, 0.6) is 5.75 Å². The number of aromatic nitrogens is 1. The lowest BCUT2D eigenvalue weighted by molar-refractivity contribution is -0.143. The van der Waals surface area contributed by atoms with Crippen molar-refractivity contribution in [3.8, 4) is 5.75 Å². The van der Waals surface area contributed by atoms with E-state index in [-0.39, 0.29) is 36.7 Å². The molecule has 0 aliphatic rings. The highest BCUT2D eigenvalue weighted by molar-refractivity contribution is 9.10. The van der Waals surface area contributed by atoms with Gasteiger partial charge in [0.05, 0.1) is 18.5 Å². The molecule has 0 aliphatic carbocycles. The monoisotopic (exact) mass is 351 g/mol. The summed E-state index contributed by atoms with van der Waals surface area (Å²) < 4.78 is 5.55. The molecule has 0 radical (unpaired) electrons. The number of aromatic hydroxyl groups is 1. The first-order valence-electron chi connectivity index (χ1n) is 6.50. The van der Waals surface area contributed by atoms with Crippen LogP contribution in [0.25, 0.3) is 10.9 Å². The highest BCUT2D eigenvalue weighted by Gasteiger charge is 2.17. The van der Waals surface area contributed by atoms with Gasteiger partial charge >= 0.3 is 5.97 Å². The van der Waals surface area contributed by atoms with Gasteiger partial charge in [0.25, 0.3) is 0 Å². The first kappa shape index (κ1) is 15.4. The fraction of sp³-hybridized carbons (Fsp3) is 0.267. The van der Waals surface area contributed by atoms with Crippen LogP contribution in [0.2, 0.25) is 0 Å². The summed E-state index contributed by atoms with van der Waals surface area (Å²) in [5.41, 5.74) is 0.576. The second-order valence-electron chi connectivity index (χ2n) is 4.39. The largest absolute Gasteiger partial charge is 0.506 e. The van der Waals surface area contributed by atoms with E-state index in [2.05, 4.69) is 20.9 Å². The molecule has 0 unspecified atom stereocenters. The van der Waals surface area contributed by atoms with Crippen LogP contribution in [-0.2, 0) is 9.53 Å². The molecular weight excluding hydrogens is 338 g/mol. The summed E-state index contributed by atoms with van der Waals surface area (Å²) in [5, 5.41) is 10.7. The van der Waals surface area contributed by atoms with Crippen LogP contribution in [0.15, 0.2) is 28.7 Å². The summed E-state index contributed by atoms with van der Waals surface area (Å²) in [6.07, 6.45) is -0.0663. The number of hydrogen-bond donors (Lipinski definition) is 1. The zero-order chi connectivity index (χ0) is 15.4. The Morgan fingerprint density at radius 3 is 2.81 bits per heavy atom. The maximum absolute atomic E-state index is 12.1. The van der Waals surface area contributed by atoms with Crippen LogP contribution in [0.3, 0.4) is 0 Å². The Kier molecular flexibility index (Phi) is 4.90. The van der Waals surface area contributed by atoms with Crippen molar-refractivity contribution in [2.24, 2.45) is 0 Å². The second kappa shape index (κ2) is 6.67. The Morgan fingerprint density at radius 2 is 2.10 bits per heavy atom. The Bertz CT molecular complexity index is 699. The molecule has 0 aliphatic heterocycles. The van der Waals surface area contributed by atoms with Gasteiger partial charge in [0.15, 0.2) is 5.78 Å². The van der Waals surface area contributed by atoms with Gasteiger partial charge in [-0.05, 0) is 25.1 Å². The number of nitrogens with zero attached hydrogens (tertiary/aromatic N) is 1. The smallest absolute Gasteiger partial charge is 0.306 e. The predicted molar refractivity (Wildman–Crippen MR) is 81.3 cm³/mol. The lowest BCUT2D eigenvalue weighted by Crippen LogP contribution is -2.09. The van der Waals surface area contributed by atoms with Crippen LogP contribution in [0, 0.1) is 0 Å². The molecule has 2 aromatic rings. The van der Waals surface area contributed by atoms with Crippen LogP contribution in [0.4, 0.5) is 0 Å². The first-order chi connectivity index (χ1) is 10.0. The van der Waals surface area contributed by atoms with Crippen molar-refractivity contribution in [3.05, 3.63) is 34.4 Å². The molecule has 0 amide bonds. The van der Waals surface area contributed by atoms with E-state index in [4.69, 9.17) is 4.74 Å². The molecular formula is C15H14BrNO4. The van der Waals surface area contributed by atoms with Crippen molar-refractivity contribution in [2.45, 2.75) is 19.8 Å². The van der Waals surface area contributed by atoms with E-state index in [0.29, 0.717) is 5.52 Å². The van der Waals surface area contributed by atoms with Gasteiger partial charge in [-0.1, -0.05) is 22.0 Å². The van der Waals surface area contributed by atoms with E-state index < -0.39 is 5.97 Å². The van der Waals surface area contributed by atoms with E-state index in [9.17, 15) is 14.7 Å². The first-order valence-corrected chi connectivity index (χ1v) is 7.29. The van der Waals surface area contributed by atoms with Crippen molar-refractivity contribution < 1.29 is 19.4 Å². The molecule has 110 valence electrons. The highest BCUT2D eigenvalue weighted by Crippen LogP contribution is 2.28. The summed E-state index contributed by atoms with van der Waals surface area (Å²) in [7, 11) is 0. The van der Waals surface area contributed by atoms with E-state index in [1.165, 1.54) is 6.07 Å². The average molecular weight is 352 g/mol. The third kappa shape index (κ3) is 3.58. The van der Waals surface area contributed by atoms with E-state index in [0.717, 1.165) is 9.86 Å². The van der Waals surface area contributed by atoms with Crippen molar-refractivity contribution in [1.29, 1.82) is 0 Å². The van der Waals surface area contributed by atoms with Gasteiger partial charge in [0, 0.05) is 16.3 Å². The predicted octanol–water partition coefficient (Wildman–Crippen LogP) is 3.23. The number of hydrogen-bond acceptors (Lipinski definition) is 5. The summed E-state index contributed by atoms with van der Waals surface area (Å²) in [6.45, 7) is 1.98. The molecule has 1 aromatic heterocycles. The molecule has 0 spiro atoms. The van der Waals surface area contributed by atoms with Gasteiger partial charge in [0.2, 0.25) is 0 Å². The van der Waals surface area contributed by atoms with Gasteiger partial charge in [-0.25, -0.2) is 4.98 Å². The maximum atomic E-state index is 12.1. The third-order valence-corrected chi connectivity index (χ3v) is 3.60. The summed E-state index contributed by atoms with van der Waals surface area (Å²) in [4.78, 5) is 27.5. The molecule has 1 heterocycles. The zero-order valence-corrected chi connectivity index (χ0v) is 13.0. The number of benzene rings is 1. The Balaban J connectivity index is 2.23. The fourth-order valence-corrected chi connectivity index (χ4v) is 2.39. The lowest BCUT2D eigenvalue weighted by atomic mass is 10.1. The van der Waals surface area contributed by atoms with Crippen molar-refractivity contribution in [1.82, 2.24) is 4.98 Å². The normalized spacial score (nSPS) is 10.6. The fourth-order valence-electron chi connectivity index (χ4n) is 1.92. The van der Waals surface area contributed by atoms with Gasteiger partial charge in [-0.3, -0.25) is 9.59 Å². The number of fused-ring (bicyclic) bond motifs is 1. The molecule has 0 bridgehead atoms. The summed E-state index contributed by atoms with van der Waals surface area (Å²) in [5.74, 6) is -1.01. The number of carbonyl (C=O) groups excluding carboxylic acids is 2. The number of esters is 1. The molecule has 0 fully saturated rings. The van der Waals surface area contributed by atoms with Crippen LogP contribution >= 0.6 is 15.9 Å². The summed E-state index contributed by atoms with van der Waals surface area (Å²) in [6, 6.07) is 6.86. The highest BCUT2D eigenvalue weighted by atomic mass is 79.9. The van der Waals surface area contributed by atoms with E-state index >= 15 is 0 Å².